The smallest absolute Gasteiger partial charge is 0.114 e. The first-order valence-corrected chi connectivity index (χ1v) is 6.66. The van der Waals surface area contributed by atoms with E-state index < -0.39 is 0 Å². The molecule has 2 N–H and O–H groups in total. The summed E-state index contributed by atoms with van der Waals surface area (Å²) < 4.78 is 1.27. The zero-order valence-electron chi connectivity index (χ0n) is 9.49. The molecule has 0 unspecified atom stereocenters. The van der Waals surface area contributed by atoms with E-state index in [9.17, 15) is 0 Å². The predicted octanol–water partition coefficient (Wildman–Crippen LogP) is 3.33. The lowest BCUT2D eigenvalue weighted by molar-refractivity contribution is 0.460. The van der Waals surface area contributed by atoms with Crippen molar-refractivity contribution in [2.24, 2.45) is 5.73 Å². The van der Waals surface area contributed by atoms with Crippen LogP contribution in [0.4, 0.5) is 0 Å². The maximum atomic E-state index is 6.44. The number of benzene rings is 1. The van der Waals surface area contributed by atoms with Crippen LogP contribution in [-0.4, -0.2) is 4.98 Å². The summed E-state index contributed by atoms with van der Waals surface area (Å²) in [7, 11) is 0. The fourth-order valence-electron chi connectivity index (χ4n) is 2.52. The van der Waals surface area contributed by atoms with Crippen LogP contribution in [0.3, 0.4) is 0 Å². The predicted molar refractivity (Wildman–Crippen MR) is 68.7 cm³/mol. The molecule has 0 radical (unpaired) electrons. The highest BCUT2D eigenvalue weighted by Gasteiger charge is 2.34. The van der Waals surface area contributed by atoms with Gasteiger partial charge in [-0.25, -0.2) is 4.98 Å². The van der Waals surface area contributed by atoms with Gasteiger partial charge < -0.3 is 5.73 Å². The van der Waals surface area contributed by atoms with Crippen LogP contribution in [0.15, 0.2) is 18.2 Å². The summed E-state index contributed by atoms with van der Waals surface area (Å²) >= 11 is 1.77. The molecule has 84 valence electrons. The molecule has 2 aromatic rings. The van der Waals surface area contributed by atoms with E-state index in [4.69, 9.17) is 10.7 Å². The maximum absolute atomic E-state index is 6.44. The zero-order valence-corrected chi connectivity index (χ0v) is 10.3. The van der Waals surface area contributed by atoms with Crippen LogP contribution >= 0.6 is 11.3 Å². The van der Waals surface area contributed by atoms with Crippen molar-refractivity contribution in [1.29, 1.82) is 0 Å². The van der Waals surface area contributed by atoms with Crippen LogP contribution in [0.25, 0.3) is 10.2 Å². The van der Waals surface area contributed by atoms with Crippen molar-refractivity contribution < 1.29 is 0 Å². The fourth-order valence-corrected chi connectivity index (χ4v) is 3.72. The molecule has 1 aliphatic carbocycles. The molecular weight excluding hydrogens is 216 g/mol. The van der Waals surface area contributed by atoms with Gasteiger partial charge in [-0.3, -0.25) is 0 Å². The molecule has 0 saturated heterocycles. The molecule has 16 heavy (non-hydrogen) atoms. The highest BCUT2D eigenvalue weighted by Crippen LogP contribution is 2.40. The van der Waals surface area contributed by atoms with Crippen LogP contribution in [0.2, 0.25) is 0 Å². The van der Waals surface area contributed by atoms with Crippen LogP contribution < -0.4 is 5.73 Å². The summed E-state index contributed by atoms with van der Waals surface area (Å²) in [4.78, 5) is 4.76. The van der Waals surface area contributed by atoms with E-state index in [1.54, 1.807) is 11.3 Å². The molecule has 1 aliphatic rings. The lowest BCUT2D eigenvalue weighted by Gasteiger charge is -2.19. The molecule has 0 atom stereocenters. The van der Waals surface area contributed by atoms with Crippen LogP contribution in [0.5, 0.6) is 0 Å². The van der Waals surface area contributed by atoms with Crippen LogP contribution in [0.1, 0.15) is 36.3 Å². The van der Waals surface area contributed by atoms with Gasteiger partial charge in [0.1, 0.15) is 5.01 Å². The minimum absolute atomic E-state index is 0.143. The first-order valence-electron chi connectivity index (χ1n) is 5.85. The Balaban J connectivity index is 2.15. The number of para-hydroxylation sites is 1. The van der Waals surface area contributed by atoms with Crippen LogP contribution in [-0.2, 0) is 5.54 Å². The van der Waals surface area contributed by atoms with Gasteiger partial charge >= 0.3 is 0 Å². The summed E-state index contributed by atoms with van der Waals surface area (Å²) in [6.45, 7) is 2.11. The Bertz CT molecular complexity index is 524. The third kappa shape index (κ3) is 1.46. The molecule has 0 amide bonds. The van der Waals surface area contributed by atoms with E-state index in [2.05, 4.69) is 25.1 Å². The molecular formula is C13H16N2S. The molecule has 1 aromatic carbocycles. The molecule has 1 saturated carbocycles. The molecule has 1 aromatic heterocycles. The summed E-state index contributed by atoms with van der Waals surface area (Å²) in [6, 6.07) is 6.35. The average molecular weight is 232 g/mol. The monoisotopic (exact) mass is 232 g/mol. The topological polar surface area (TPSA) is 38.9 Å². The molecule has 0 spiro atoms. The van der Waals surface area contributed by atoms with Gasteiger partial charge in [-0.15, -0.1) is 11.3 Å². The molecule has 0 aliphatic heterocycles. The van der Waals surface area contributed by atoms with Gasteiger partial charge in [0.25, 0.3) is 0 Å². The summed E-state index contributed by atoms with van der Waals surface area (Å²) in [6.07, 6.45) is 4.66. The fraction of sp³-hybridized carbons (Fsp3) is 0.462. The maximum Gasteiger partial charge on any atom is 0.114 e. The van der Waals surface area contributed by atoms with Crippen molar-refractivity contribution in [3.63, 3.8) is 0 Å². The van der Waals surface area contributed by atoms with E-state index in [1.807, 2.05) is 0 Å². The Morgan fingerprint density at radius 1 is 1.31 bits per heavy atom. The summed E-state index contributed by atoms with van der Waals surface area (Å²) in [5.74, 6) is 0. The van der Waals surface area contributed by atoms with Crippen molar-refractivity contribution in [1.82, 2.24) is 4.98 Å². The van der Waals surface area contributed by atoms with E-state index >= 15 is 0 Å². The highest BCUT2D eigenvalue weighted by molar-refractivity contribution is 7.18. The zero-order chi connectivity index (χ0) is 11.2. The van der Waals surface area contributed by atoms with E-state index in [0.717, 1.165) is 23.4 Å². The Morgan fingerprint density at radius 2 is 2.06 bits per heavy atom. The van der Waals surface area contributed by atoms with Gasteiger partial charge in [-0.2, -0.15) is 0 Å². The molecule has 1 heterocycles. The average Bonchev–Trinajstić information content (AvgIpc) is 2.85. The number of aryl methyl sites for hydroxylation is 1. The second-order valence-corrected chi connectivity index (χ2v) is 5.83. The summed E-state index contributed by atoms with van der Waals surface area (Å²) in [5, 5.41) is 1.13. The van der Waals surface area contributed by atoms with Crippen LogP contribution in [0, 0.1) is 6.92 Å². The standard InChI is InChI=1S/C13H16N2S/c1-9-5-4-6-10-11(9)15-12(16-10)13(14)7-2-3-8-13/h4-6H,2-3,7-8,14H2,1H3. The first kappa shape index (κ1) is 10.2. The number of fused-ring (bicyclic) bond motifs is 1. The molecule has 1 fully saturated rings. The highest BCUT2D eigenvalue weighted by atomic mass is 32.1. The lowest BCUT2D eigenvalue weighted by Crippen LogP contribution is -2.32. The van der Waals surface area contributed by atoms with Crippen molar-refractivity contribution in [2.45, 2.75) is 38.1 Å². The Kier molecular flexibility index (Phi) is 2.26. The minimum Gasteiger partial charge on any atom is -0.319 e. The van der Waals surface area contributed by atoms with Crippen molar-refractivity contribution in [2.75, 3.05) is 0 Å². The van der Waals surface area contributed by atoms with Gasteiger partial charge in [0.15, 0.2) is 0 Å². The molecule has 3 heteroatoms. The number of rotatable bonds is 1. The largest absolute Gasteiger partial charge is 0.319 e. The second kappa shape index (κ2) is 3.54. The Labute approximate surface area is 99.5 Å². The van der Waals surface area contributed by atoms with Crippen molar-refractivity contribution in [3.8, 4) is 0 Å². The van der Waals surface area contributed by atoms with E-state index in [0.29, 0.717) is 0 Å². The van der Waals surface area contributed by atoms with Gasteiger partial charge in [0.05, 0.1) is 15.8 Å². The first-order chi connectivity index (χ1) is 7.69. The Hall–Kier alpha value is -0.930. The molecule has 2 nitrogen and oxygen atoms in total. The van der Waals surface area contributed by atoms with E-state index in [-0.39, 0.29) is 5.54 Å². The number of nitrogens with two attached hydrogens (primary N) is 1. The van der Waals surface area contributed by atoms with Gasteiger partial charge in [0.2, 0.25) is 0 Å². The van der Waals surface area contributed by atoms with E-state index in [1.165, 1.54) is 23.1 Å². The van der Waals surface area contributed by atoms with Gasteiger partial charge in [-0.1, -0.05) is 25.0 Å². The summed E-state index contributed by atoms with van der Waals surface area (Å²) in [5.41, 5.74) is 8.69. The quantitative estimate of drug-likeness (QED) is 0.819. The second-order valence-electron chi connectivity index (χ2n) is 4.80. The molecule has 3 rings (SSSR count). The lowest BCUT2D eigenvalue weighted by atomic mass is 10.0. The normalized spacial score (nSPS) is 19.4. The third-order valence-corrected chi connectivity index (χ3v) is 4.78. The number of hydrogen-bond acceptors (Lipinski definition) is 3. The number of hydrogen-bond donors (Lipinski definition) is 1. The third-order valence-electron chi connectivity index (χ3n) is 3.54. The van der Waals surface area contributed by atoms with Crippen molar-refractivity contribution in [3.05, 3.63) is 28.8 Å². The minimum atomic E-state index is -0.143. The number of thiazole rings is 1. The van der Waals surface area contributed by atoms with Crippen molar-refractivity contribution >= 4 is 21.6 Å². The van der Waals surface area contributed by atoms with Gasteiger partial charge in [-0.05, 0) is 31.4 Å². The van der Waals surface area contributed by atoms with Gasteiger partial charge in [0, 0.05) is 0 Å². The number of aromatic nitrogens is 1. The SMILES string of the molecule is Cc1cccc2sc(C3(N)CCCC3)nc12. The molecule has 0 bridgehead atoms. The number of nitrogens with zero attached hydrogens (tertiary/aromatic N) is 1. The Morgan fingerprint density at radius 3 is 2.75 bits per heavy atom.